The smallest absolute Gasteiger partial charge is 0.166 e. The Labute approximate surface area is 107 Å². The average molecular weight is 240 g/mol. The standard InChI is InChI=1S/C16H16O2/c1-2-11-4-3-5-12(8-11)16(17)13-9-14-6-7-15(10-13)18-14/h1,3-5,8,13-15H,6-7,9-10H2. The summed E-state index contributed by atoms with van der Waals surface area (Å²) in [5.74, 6) is 2.92. The van der Waals surface area contributed by atoms with Crippen molar-refractivity contribution in [3.8, 4) is 12.3 Å². The number of ketones is 1. The lowest BCUT2D eigenvalue weighted by molar-refractivity contribution is -0.0149. The molecule has 2 nitrogen and oxygen atoms in total. The quantitative estimate of drug-likeness (QED) is 0.587. The summed E-state index contributed by atoms with van der Waals surface area (Å²) in [4.78, 5) is 12.5. The van der Waals surface area contributed by atoms with E-state index in [9.17, 15) is 4.79 Å². The van der Waals surface area contributed by atoms with Gasteiger partial charge >= 0.3 is 0 Å². The van der Waals surface area contributed by atoms with Gasteiger partial charge in [-0.1, -0.05) is 18.1 Å². The number of terminal acetylenes is 1. The van der Waals surface area contributed by atoms with E-state index >= 15 is 0 Å². The van der Waals surface area contributed by atoms with Gasteiger partial charge in [-0.15, -0.1) is 6.42 Å². The SMILES string of the molecule is C#Cc1cccc(C(=O)C2CC3CCC(C2)O3)c1. The van der Waals surface area contributed by atoms with Crippen molar-refractivity contribution < 1.29 is 9.53 Å². The predicted octanol–water partition coefficient (Wildman–Crippen LogP) is 2.81. The molecule has 2 heteroatoms. The maximum absolute atomic E-state index is 12.5. The molecule has 2 aliphatic heterocycles. The van der Waals surface area contributed by atoms with Crippen molar-refractivity contribution in [2.24, 2.45) is 5.92 Å². The van der Waals surface area contributed by atoms with E-state index < -0.39 is 0 Å². The zero-order valence-corrected chi connectivity index (χ0v) is 10.3. The molecule has 0 N–H and O–H groups in total. The van der Waals surface area contributed by atoms with Crippen LogP contribution in [0, 0.1) is 18.3 Å². The Bertz CT molecular complexity index is 500. The molecule has 1 aromatic rings. The van der Waals surface area contributed by atoms with E-state index in [0.29, 0.717) is 12.2 Å². The van der Waals surface area contributed by atoms with Crippen molar-refractivity contribution in [2.75, 3.05) is 0 Å². The summed E-state index contributed by atoms with van der Waals surface area (Å²) < 4.78 is 5.77. The first-order valence-electron chi connectivity index (χ1n) is 6.52. The molecule has 1 aromatic carbocycles. The highest BCUT2D eigenvalue weighted by molar-refractivity contribution is 5.98. The first-order chi connectivity index (χ1) is 8.76. The van der Waals surface area contributed by atoms with Crippen LogP contribution in [0.2, 0.25) is 0 Å². The van der Waals surface area contributed by atoms with Crippen LogP contribution in [0.1, 0.15) is 41.6 Å². The predicted molar refractivity (Wildman–Crippen MR) is 69.3 cm³/mol. The maximum Gasteiger partial charge on any atom is 0.166 e. The fourth-order valence-electron chi connectivity index (χ4n) is 3.07. The number of ether oxygens (including phenoxy) is 1. The van der Waals surface area contributed by atoms with Crippen molar-refractivity contribution in [2.45, 2.75) is 37.9 Å². The summed E-state index contributed by atoms with van der Waals surface area (Å²) in [6, 6.07) is 7.39. The van der Waals surface area contributed by atoms with Crippen LogP contribution in [0.15, 0.2) is 24.3 Å². The number of hydrogen-bond donors (Lipinski definition) is 0. The van der Waals surface area contributed by atoms with Gasteiger partial charge in [0, 0.05) is 17.0 Å². The molecule has 2 unspecified atom stereocenters. The Morgan fingerprint density at radius 3 is 2.67 bits per heavy atom. The number of Topliss-reactive ketones (excluding diaryl/α,β-unsaturated/α-hetero) is 1. The fourth-order valence-corrected chi connectivity index (χ4v) is 3.07. The third-order valence-corrected chi connectivity index (χ3v) is 3.97. The minimum Gasteiger partial charge on any atom is -0.375 e. The van der Waals surface area contributed by atoms with Crippen molar-refractivity contribution in [3.05, 3.63) is 35.4 Å². The molecule has 2 aliphatic rings. The van der Waals surface area contributed by atoms with Gasteiger partial charge < -0.3 is 4.74 Å². The lowest BCUT2D eigenvalue weighted by Crippen LogP contribution is -2.30. The fraction of sp³-hybridized carbons (Fsp3) is 0.438. The molecule has 3 rings (SSSR count). The Hall–Kier alpha value is -1.59. The highest BCUT2D eigenvalue weighted by Gasteiger charge is 2.38. The van der Waals surface area contributed by atoms with E-state index in [1.54, 1.807) is 0 Å². The zero-order valence-electron chi connectivity index (χ0n) is 10.3. The summed E-state index contributed by atoms with van der Waals surface area (Å²) in [5, 5.41) is 0. The molecule has 2 fully saturated rings. The maximum atomic E-state index is 12.5. The van der Waals surface area contributed by atoms with Crippen LogP contribution in [-0.4, -0.2) is 18.0 Å². The van der Waals surface area contributed by atoms with E-state index in [4.69, 9.17) is 11.2 Å². The molecule has 2 heterocycles. The van der Waals surface area contributed by atoms with Gasteiger partial charge in [-0.3, -0.25) is 4.79 Å². The van der Waals surface area contributed by atoms with Crippen molar-refractivity contribution in [1.82, 2.24) is 0 Å². The van der Waals surface area contributed by atoms with E-state index in [2.05, 4.69) is 5.92 Å². The summed E-state index contributed by atoms with van der Waals surface area (Å²) >= 11 is 0. The molecule has 92 valence electrons. The summed E-state index contributed by atoms with van der Waals surface area (Å²) in [7, 11) is 0. The van der Waals surface area contributed by atoms with Crippen LogP contribution in [-0.2, 0) is 4.74 Å². The zero-order chi connectivity index (χ0) is 12.5. The van der Waals surface area contributed by atoms with Crippen LogP contribution in [0.25, 0.3) is 0 Å². The Kier molecular flexibility index (Phi) is 2.93. The molecule has 2 atom stereocenters. The van der Waals surface area contributed by atoms with Gasteiger partial charge in [-0.05, 0) is 37.8 Å². The molecular weight excluding hydrogens is 224 g/mol. The van der Waals surface area contributed by atoms with Crippen LogP contribution in [0.3, 0.4) is 0 Å². The van der Waals surface area contributed by atoms with E-state index in [-0.39, 0.29) is 11.7 Å². The average Bonchev–Trinajstić information content (AvgIpc) is 2.76. The first-order valence-corrected chi connectivity index (χ1v) is 6.52. The van der Waals surface area contributed by atoms with E-state index in [1.165, 1.54) is 0 Å². The number of hydrogen-bond acceptors (Lipinski definition) is 2. The minimum atomic E-state index is 0.115. The van der Waals surface area contributed by atoms with Gasteiger partial charge in [-0.2, -0.15) is 0 Å². The highest BCUT2D eigenvalue weighted by Crippen LogP contribution is 2.37. The summed E-state index contributed by atoms with van der Waals surface area (Å²) in [5.41, 5.74) is 1.52. The number of rotatable bonds is 2. The molecule has 2 bridgehead atoms. The first kappa shape index (κ1) is 11.5. The summed E-state index contributed by atoms with van der Waals surface area (Å²) in [6.07, 6.45) is 9.93. The second-order valence-corrected chi connectivity index (χ2v) is 5.22. The molecule has 2 saturated heterocycles. The normalized spacial score (nSPS) is 29.8. The van der Waals surface area contributed by atoms with Gasteiger partial charge in [0.15, 0.2) is 5.78 Å². The molecule has 18 heavy (non-hydrogen) atoms. The second kappa shape index (κ2) is 4.59. The van der Waals surface area contributed by atoms with E-state index in [0.717, 1.165) is 36.8 Å². The largest absolute Gasteiger partial charge is 0.375 e. The van der Waals surface area contributed by atoms with Crippen molar-refractivity contribution in [3.63, 3.8) is 0 Å². The monoisotopic (exact) mass is 240 g/mol. The number of carbonyl (C=O) groups excluding carboxylic acids is 1. The number of carbonyl (C=O) groups is 1. The van der Waals surface area contributed by atoms with Crippen molar-refractivity contribution in [1.29, 1.82) is 0 Å². The number of fused-ring (bicyclic) bond motifs is 2. The Morgan fingerprint density at radius 2 is 2.00 bits per heavy atom. The van der Waals surface area contributed by atoms with Crippen LogP contribution < -0.4 is 0 Å². The molecule has 0 radical (unpaired) electrons. The lowest BCUT2D eigenvalue weighted by atomic mass is 9.87. The lowest BCUT2D eigenvalue weighted by Gasteiger charge is -2.27. The topological polar surface area (TPSA) is 26.3 Å². The van der Waals surface area contributed by atoms with Crippen molar-refractivity contribution >= 4 is 5.78 Å². The third-order valence-electron chi connectivity index (χ3n) is 3.97. The van der Waals surface area contributed by atoms with Gasteiger partial charge in [0.05, 0.1) is 12.2 Å². The number of benzene rings is 1. The van der Waals surface area contributed by atoms with Gasteiger partial charge in [-0.25, -0.2) is 0 Å². The van der Waals surface area contributed by atoms with Gasteiger partial charge in [0.2, 0.25) is 0 Å². The summed E-state index contributed by atoms with van der Waals surface area (Å²) in [6.45, 7) is 0. The Morgan fingerprint density at radius 1 is 1.28 bits per heavy atom. The molecular formula is C16H16O2. The molecule has 0 spiro atoms. The highest BCUT2D eigenvalue weighted by atomic mass is 16.5. The second-order valence-electron chi connectivity index (χ2n) is 5.22. The van der Waals surface area contributed by atoms with E-state index in [1.807, 2.05) is 24.3 Å². The Balaban J connectivity index is 1.80. The third kappa shape index (κ3) is 2.07. The molecule has 0 amide bonds. The minimum absolute atomic E-state index is 0.115. The van der Waals surface area contributed by atoms with Gasteiger partial charge in [0.1, 0.15) is 0 Å². The van der Waals surface area contributed by atoms with Crippen LogP contribution in [0.4, 0.5) is 0 Å². The van der Waals surface area contributed by atoms with Crippen LogP contribution >= 0.6 is 0 Å². The molecule has 0 aromatic heterocycles. The molecule has 0 saturated carbocycles. The van der Waals surface area contributed by atoms with Crippen LogP contribution in [0.5, 0.6) is 0 Å². The van der Waals surface area contributed by atoms with Gasteiger partial charge in [0.25, 0.3) is 0 Å². The molecule has 0 aliphatic carbocycles.